The Bertz CT molecular complexity index is 123. The third kappa shape index (κ3) is 0.616. The van der Waals surface area contributed by atoms with Gasteiger partial charge in [0.15, 0.2) is 0 Å². The molecule has 0 radical (unpaired) electrons. The first-order valence-electron chi connectivity index (χ1n) is 2.20. The number of nitrogens with one attached hydrogen (secondary N) is 1. The van der Waals surface area contributed by atoms with Crippen molar-refractivity contribution in [1.29, 1.82) is 0 Å². The van der Waals surface area contributed by atoms with E-state index in [2.05, 4.69) is 5.32 Å². The maximum Gasteiger partial charge on any atom is 0.248 e. The fourth-order valence-corrected chi connectivity index (χ4v) is 0.459. The lowest BCUT2D eigenvalue weighted by molar-refractivity contribution is 0.125. The van der Waals surface area contributed by atoms with E-state index in [9.17, 15) is 8.78 Å². The van der Waals surface area contributed by atoms with Crippen LogP contribution >= 0.6 is 0 Å². The number of alkyl halides is 1. The first kappa shape index (κ1) is 5.34. The number of hydrogen-bond donors (Lipinski definition) is 1. The van der Waals surface area contributed by atoms with Crippen molar-refractivity contribution in [2.24, 2.45) is 0 Å². The molecule has 0 amide bonds. The summed E-state index contributed by atoms with van der Waals surface area (Å²) in [5, 5.41) is 2.14. The van der Waals surface area contributed by atoms with Crippen LogP contribution in [0.25, 0.3) is 0 Å². The first-order chi connectivity index (χ1) is 3.72. The summed E-state index contributed by atoms with van der Waals surface area (Å²) in [6.45, 7) is 0. The minimum atomic E-state index is -1.39. The highest BCUT2D eigenvalue weighted by Crippen LogP contribution is 2.11. The Labute approximate surface area is 45.8 Å². The molecule has 0 saturated carbocycles. The van der Waals surface area contributed by atoms with Gasteiger partial charge in [0.2, 0.25) is 12.4 Å². The summed E-state index contributed by atoms with van der Waals surface area (Å²) >= 11 is 0. The van der Waals surface area contributed by atoms with Gasteiger partial charge in [0.05, 0.1) is 6.20 Å². The molecular formula is C4H6F2N2. The predicted octanol–water partition coefficient (Wildman–Crippen LogP) is 0.543. The molecule has 46 valence electrons. The summed E-state index contributed by atoms with van der Waals surface area (Å²) in [7, 11) is 1.33. The van der Waals surface area contributed by atoms with Gasteiger partial charge < -0.3 is 10.2 Å². The minimum absolute atomic E-state index is 0.572. The molecule has 0 aliphatic carbocycles. The molecule has 1 unspecified atom stereocenters. The van der Waals surface area contributed by atoms with E-state index >= 15 is 0 Å². The summed E-state index contributed by atoms with van der Waals surface area (Å²) in [4.78, 5) is 0.861. The van der Waals surface area contributed by atoms with Crippen LogP contribution in [0.5, 0.6) is 0 Å². The Morgan fingerprint density at radius 3 is 2.62 bits per heavy atom. The zero-order chi connectivity index (χ0) is 6.15. The second-order valence-electron chi connectivity index (χ2n) is 1.58. The molecule has 1 rings (SSSR count). The second-order valence-corrected chi connectivity index (χ2v) is 1.58. The lowest BCUT2D eigenvalue weighted by Crippen LogP contribution is -2.28. The van der Waals surface area contributed by atoms with Crippen molar-refractivity contribution >= 4 is 0 Å². The summed E-state index contributed by atoms with van der Waals surface area (Å²) in [5.41, 5.74) is 0. The van der Waals surface area contributed by atoms with Crippen LogP contribution in [-0.4, -0.2) is 18.4 Å². The van der Waals surface area contributed by atoms with Crippen LogP contribution in [0.15, 0.2) is 12.2 Å². The maximum absolute atomic E-state index is 12.1. The molecule has 0 aromatic rings. The van der Waals surface area contributed by atoms with E-state index in [1.54, 1.807) is 0 Å². The summed E-state index contributed by atoms with van der Waals surface area (Å²) in [6, 6.07) is 0. The van der Waals surface area contributed by atoms with Gasteiger partial charge in [-0.15, -0.1) is 0 Å². The van der Waals surface area contributed by atoms with Crippen molar-refractivity contribution in [3.63, 3.8) is 0 Å². The van der Waals surface area contributed by atoms with E-state index < -0.39 is 12.4 Å². The lowest BCUT2D eigenvalue weighted by Gasteiger charge is -2.11. The maximum atomic E-state index is 12.1. The number of rotatable bonds is 0. The zero-order valence-electron chi connectivity index (χ0n) is 4.36. The van der Waals surface area contributed by atoms with Crippen LogP contribution in [0.4, 0.5) is 8.78 Å². The van der Waals surface area contributed by atoms with Crippen LogP contribution in [0, 0.1) is 0 Å². The van der Waals surface area contributed by atoms with Crippen LogP contribution < -0.4 is 5.32 Å². The van der Waals surface area contributed by atoms with E-state index in [0.29, 0.717) is 0 Å². The SMILES string of the molecule is CN1C(F)=CNC1F. The molecule has 1 aliphatic rings. The molecule has 1 aliphatic heterocycles. The van der Waals surface area contributed by atoms with Crippen molar-refractivity contribution in [2.75, 3.05) is 7.05 Å². The highest BCUT2D eigenvalue weighted by molar-refractivity contribution is 4.95. The van der Waals surface area contributed by atoms with Crippen molar-refractivity contribution in [2.45, 2.75) is 6.42 Å². The van der Waals surface area contributed by atoms with Gasteiger partial charge in [-0.2, -0.15) is 8.78 Å². The van der Waals surface area contributed by atoms with E-state index in [0.717, 1.165) is 11.1 Å². The molecule has 0 spiro atoms. The average Bonchev–Trinajstić information content (AvgIpc) is 1.98. The fraction of sp³-hybridized carbons (Fsp3) is 0.500. The van der Waals surface area contributed by atoms with Gasteiger partial charge in [0.25, 0.3) is 0 Å². The summed E-state index contributed by atoms with van der Waals surface area (Å²) in [6.07, 6.45) is -0.403. The van der Waals surface area contributed by atoms with Gasteiger partial charge in [-0.3, -0.25) is 0 Å². The van der Waals surface area contributed by atoms with E-state index in [-0.39, 0.29) is 0 Å². The Kier molecular flexibility index (Phi) is 1.08. The van der Waals surface area contributed by atoms with E-state index in [4.69, 9.17) is 0 Å². The zero-order valence-corrected chi connectivity index (χ0v) is 4.36. The smallest absolute Gasteiger partial charge is 0.248 e. The molecule has 1 heterocycles. The standard InChI is InChI=1S/C4H6F2N2/c1-8-3(5)2-7-4(8)6/h2,4,7H,1H3. The fourth-order valence-electron chi connectivity index (χ4n) is 0.459. The molecule has 1 atom stereocenters. The average molecular weight is 120 g/mol. The molecule has 2 nitrogen and oxygen atoms in total. The van der Waals surface area contributed by atoms with E-state index in [1.807, 2.05) is 0 Å². The molecule has 8 heavy (non-hydrogen) atoms. The highest BCUT2D eigenvalue weighted by atomic mass is 19.2. The first-order valence-corrected chi connectivity index (χ1v) is 2.20. The van der Waals surface area contributed by atoms with Crippen LogP contribution in [0.2, 0.25) is 0 Å². The molecule has 1 N–H and O–H groups in total. The Morgan fingerprint density at radius 1 is 1.88 bits per heavy atom. The van der Waals surface area contributed by atoms with Gasteiger partial charge in [0, 0.05) is 7.05 Å². The molecular weight excluding hydrogens is 114 g/mol. The van der Waals surface area contributed by atoms with Gasteiger partial charge >= 0.3 is 0 Å². The third-order valence-corrected chi connectivity index (χ3v) is 1.02. The lowest BCUT2D eigenvalue weighted by atomic mass is 10.8. The summed E-state index contributed by atoms with van der Waals surface area (Å²) in [5.74, 6) is -0.572. The predicted molar refractivity (Wildman–Crippen MR) is 25.0 cm³/mol. The molecule has 0 fully saturated rings. The molecule has 0 aromatic carbocycles. The number of halogens is 2. The normalized spacial score (nSPS) is 27.6. The number of hydrogen-bond acceptors (Lipinski definition) is 2. The van der Waals surface area contributed by atoms with Crippen molar-refractivity contribution in [3.8, 4) is 0 Å². The molecule has 0 aromatic heterocycles. The van der Waals surface area contributed by atoms with Gasteiger partial charge in [0.1, 0.15) is 0 Å². The minimum Gasteiger partial charge on any atom is -0.341 e. The Balaban J connectivity index is 2.59. The van der Waals surface area contributed by atoms with Gasteiger partial charge in [-0.05, 0) is 0 Å². The highest BCUT2D eigenvalue weighted by Gasteiger charge is 2.19. The Hall–Kier alpha value is -0.800. The van der Waals surface area contributed by atoms with Crippen molar-refractivity contribution < 1.29 is 8.78 Å². The Morgan fingerprint density at radius 2 is 2.50 bits per heavy atom. The molecule has 0 bridgehead atoms. The van der Waals surface area contributed by atoms with Crippen molar-refractivity contribution in [1.82, 2.24) is 10.2 Å². The quantitative estimate of drug-likeness (QED) is 0.469. The topological polar surface area (TPSA) is 15.3 Å². The van der Waals surface area contributed by atoms with E-state index in [1.165, 1.54) is 7.05 Å². The van der Waals surface area contributed by atoms with Gasteiger partial charge in [-0.25, -0.2) is 0 Å². The van der Waals surface area contributed by atoms with Crippen LogP contribution in [0.3, 0.4) is 0 Å². The van der Waals surface area contributed by atoms with Gasteiger partial charge in [-0.1, -0.05) is 0 Å². The van der Waals surface area contributed by atoms with Crippen LogP contribution in [-0.2, 0) is 0 Å². The monoisotopic (exact) mass is 120 g/mol. The summed E-state index contributed by atoms with van der Waals surface area (Å²) < 4.78 is 24.1. The van der Waals surface area contributed by atoms with Crippen molar-refractivity contribution in [3.05, 3.63) is 12.2 Å². The molecule has 4 heteroatoms. The molecule has 0 saturated heterocycles. The third-order valence-electron chi connectivity index (χ3n) is 1.02. The van der Waals surface area contributed by atoms with Crippen LogP contribution in [0.1, 0.15) is 0 Å². The largest absolute Gasteiger partial charge is 0.341 e. The second kappa shape index (κ2) is 1.61. The number of nitrogens with zero attached hydrogens (tertiary/aromatic N) is 1.